The number of aryl methyl sites for hydroxylation is 1. The minimum atomic E-state index is -3.42. The monoisotopic (exact) mass is 338 g/mol. The van der Waals surface area contributed by atoms with Gasteiger partial charge >= 0.3 is 0 Å². The van der Waals surface area contributed by atoms with Gasteiger partial charge in [0, 0.05) is 13.0 Å². The highest BCUT2D eigenvalue weighted by atomic mass is 32.2. The van der Waals surface area contributed by atoms with E-state index < -0.39 is 10.0 Å². The van der Waals surface area contributed by atoms with Crippen molar-refractivity contribution in [2.45, 2.75) is 24.3 Å². The van der Waals surface area contributed by atoms with Gasteiger partial charge in [0.05, 0.1) is 4.90 Å². The van der Waals surface area contributed by atoms with Crippen LogP contribution in [-0.2, 0) is 27.8 Å². The fourth-order valence-electron chi connectivity index (χ4n) is 1.89. The van der Waals surface area contributed by atoms with Crippen molar-refractivity contribution in [3.63, 3.8) is 0 Å². The molecule has 1 amide bonds. The molecule has 1 aromatic carbocycles. The topological polar surface area (TPSA) is 75.3 Å². The van der Waals surface area contributed by atoms with E-state index in [0.29, 0.717) is 13.0 Å². The number of carbonyl (C=O) groups is 1. The third-order valence-electron chi connectivity index (χ3n) is 3.21. The number of hydrogen-bond donors (Lipinski definition) is 2. The Labute approximate surface area is 134 Å². The second kappa shape index (κ2) is 7.53. The molecule has 0 aliphatic heterocycles. The summed E-state index contributed by atoms with van der Waals surface area (Å²) in [7, 11) is -2.04. The van der Waals surface area contributed by atoms with Gasteiger partial charge in [-0.15, -0.1) is 0 Å². The van der Waals surface area contributed by atoms with E-state index >= 15 is 0 Å². The lowest BCUT2D eigenvalue weighted by Crippen LogP contribution is -2.23. The number of amides is 1. The fourth-order valence-corrected chi connectivity index (χ4v) is 3.32. The van der Waals surface area contributed by atoms with Gasteiger partial charge in [-0.2, -0.15) is 11.3 Å². The highest BCUT2D eigenvalue weighted by Gasteiger charge is 2.10. The maximum Gasteiger partial charge on any atom is 0.240 e. The summed E-state index contributed by atoms with van der Waals surface area (Å²) in [6, 6.07) is 8.46. The summed E-state index contributed by atoms with van der Waals surface area (Å²) in [5, 5.41) is 6.86. The molecule has 5 nitrogen and oxygen atoms in total. The fraction of sp³-hybridized carbons (Fsp3) is 0.267. The zero-order valence-electron chi connectivity index (χ0n) is 12.2. The first kappa shape index (κ1) is 16.7. The van der Waals surface area contributed by atoms with Crippen LogP contribution in [0.3, 0.4) is 0 Å². The molecule has 2 aromatic rings. The molecule has 0 fully saturated rings. The van der Waals surface area contributed by atoms with Crippen molar-refractivity contribution < 1.29 is 13.2 Å². The third kappa shape index (κ3) is 4.66. The number of thiophene rings is 1. The average Bonchev–Trinajstić information content (AvgIpc) is 3.05. The molecule has 0 saturated heterocycles. The van der Waals surface area contributed by atoms with Crippen LogP contribution in [-0.4, -0.2) is 21.4 Å². The van der Waals surface area contributed by atoms with Crippen molar-refractivity contribution in [1.29, 1.82) is 0 Å². The summed E-state index contributed by atoms with van der Waals surface area (Å²) >= 11 is 1.62. The molecular formula is C15H18N2O3S2. The first-order valence-electron chi connectivity index (χ1n) is 6.81. The largest absolute Gasteiger partial charge is 0.352 e. The average molecular weight is 338 g/mol. The van der Waals surface area contributed by atoms with E-state index in [2.05, 4.69) is 10.0 Å². The molecule has 1 aromatic heterocycles. The molecule has 2 N–H and O–H groups in total. The number of nitrogens with one attached hydrogen (secondary N) is 2. The minimum Gasteiger partial charge on any atom is -0.352 e. The van der Waals surface area contributed by atoms with Crippen molar-refractivity contribution in [2.75, 3.05) is 7.05 Å². The van der Waals surface area contributed by atoms with E-state index in [1.807, 2.05) is 16.8 Å². The molecule has 0 aliphatic rings. The Balaban J connectivity index is 1.82. The summed E-state index contributed by atoms with van der Waals surface area (Å²) in [5.74, 6) is -0.0156. The van der Waals surface area contributed by atoms with Crippen LogP contribution in [0.15, 0.2) is 46.0 Å². The van der Waals surface area contributed by atoms with Crippen LogP contribution in [0.4, 0.5) is 0 Å². The van der Waals surface area contributed by atoms with E-state index in [1.54, 1.807) is 23.5 Å². The third-order valence-corrected chi connectivity index (χ3v) is 5.38. The first-order chi connectivity index (χ1) is 10.5. The van der Waals surface area contributed by atoms with Gasteiger partial charge in [0.15, 0.2) is 0 Å². The molecule has 22 heavy (non-hydrogen) atoms. The van der Waals surface area contributed by atoms with Gasteiger partial charge in [-0.1, -0.05) is 12.1 Å². The Kier molecular flexibility index (Phi) is 5.70. The Morgan fingerprint density at radius 3 is 2.45 bits per heavy atom. The lowest BCUT2D eigenvalue weighted by molar-refractivity contribution is -0.121. The lowest BCUT2D eigenvalue weighted by Gasteiger charge is -2.07. The maximum absolute atomic E-state index is 11.8. The van der Waals surface area contributed by atoms with Gasteiger partial charge in [-0.25, -0.2) is 13.1 Å². The summed E-state index contributed by atoms with van der Waals surface area (Å²) < 4.78 is 25.5. The number of hydrogen-bond acceptors (Lipinski definition) is 4. The Morgan fingerprint density at radius 1 is 1.14 bits per heavy atom. The summed E-state index contributed by atoms with van der Waals surface area (Å²) in [6.07, 6.45) is 1.18. The van der Waals surface area contributed by atoms with Crippen LogP contribution >= 0.6 is 11.3 Å². The van der Waals surface area contributed by atoms with Gasteiger partial charge in [0.2, 0.25) is 15.9 Å². The van der Waals surface area contributed by atoms with E-state index in [0.717, 1.165) is 12.0 Å². The van der Waals surface area contributed by atoms with Crippen molar-refractivity contribution in [3.8, 4) is 0 Å². The van der Waals surface area contributed by atoms with Crippen LogP contribution in [0, 0.1) is 0 Å². The molecular weight excluding hydrogens is 320 g/mol. The van der Waals surface area contributed by atoms with Gasteiger partial charge in [0.25, 0.3) is 0 Å². The second-order valence-corrected chi connectivity index (χ2v) is 7.43. The molecule has 0 radical (unpaired) electrons. The normalized spacial score (nSPS) is 11.3. The Hall–Kier alpha value is -1.70. The molecule has 0 bridgehead atoms. The number of rotatable bonds is 7. The predicted octanol–water partition coefficient (Wildman–Crippen LogP) is 1.91. The Bertz CT molecular complexity index is 708. The van der Waals surface area contributed by atoms with Gasteiger partial charge < -0.3 is 5.32 Å². The smallest absolute Gasteiger partial charge is 0.240 e. The zero-order valence-corrected chi connectivity index (χ0v) is 13.8. The zero-order chi connectivity index (χ0) is 16.0. The lowest BCUT2D eigenvalue weighted by atomic mass is 10.2. The SMILES string of the molecule is CNS(=O)(=O)c1ccc(CNC(=O)CCc2ccsc2)cc1. The molecule has 7 heteroatoms. The van der Waals surface area contributed by atoms with Crippen LogP contribution < -0.4 is 10.0 Å². The van der Waals surface area contributed by atoms with E-state index in [-0.39, 0.29) is 10.8 Å². The van der Waals surface area contributed by atoms with E-state index in [1.165, 1.54) is 24.7 Å². The van der Waals surface area contributed by atoms with Gasteiger partial charge in [-0.05, 0) is 53.6 Å². The van der Waals surface area contributed by atoms with Gasteiger partial charge in [-0.3, -0.25) is 4.79 Å². The van der Waals surface area contributed by atoms with Crippen molar-refractivity contribution in [1.82, 2.24) is 10.0 Å². The number of carbonyl (C=O) groups excluding carboxylic acids is 1. The molecule has 0 aliphatic carbocycles. The number of benzene rings is 1. The maximum atomic E-state index is 11.8. The predicted molar refractivity (Wildman–Crippen MR) is 87.2 cm³/mol. The Morgan fingerprint density at radius 2 is 1.86 bits per heavy atom. The summed E-state index contributed by atoms with van der Waals surface area (Å²) in [4.78, 5) is 12.0. The quantitative estimate of drug-likeness (QED) is 0.810. The molecule has 0 unspecified atom stereocenters. The van der Waals surface area contributed by atoms with Crippen molar-refractivity contribution >= 4 is 27.3 Å². The van der Waals surface area contributed by atoms with Crippen molar-refractivity contribution in [3.05, 3.63) is 52.2 Å². The molecule has 0 saturated carbocycles. The van der Waals surface area contributed by atoms with E-state index in [9.17, 15) is 13.2 Å². The van der Waals surface area contributed by atoms with Crippen LogP contribution in [0.2, 0.25) is 0 Å². The van der Waals surface area contributed by atoms with Crippen LogP contribution in [0.25, 0.3) is 0 Å². The van der Waals surface area contributed by atoms with Gasteiger partial charge in [0.1, 0.15) is 0 Å². The molecule has 2 rings (SSSR count). The minimum absolute atomic E-state index is 0.0156. The molecule has 118 valence electrons. The second-order valence-electron chi connectivity index (χ2n) is 4.76. The molecule has 0 spiro atoms. The standard InChI is InChI=1S/C15H18N2O3S2/c1-16-22(19,20)14-5-2-12(3-6-14)10-17-15(18)7-4-13-8-9-21-11-13/h2-3,5-6,8-9,11,16H,4,7,10H2,1H3,(H,17,18). The van der Waals surface area contributed by atoms with E-state index in [4.69, 9.17) is 0 Å². The molecule has 1 heterocycles. The summed E-state index contributed by atoms with van der Waals surface area (Å²) in [6.45, 7) is 0.391. The van der Waals surface area contributed by atoms with Crippen LogP contribution in [0.5, 0.6) is 0 Å². The number of sulfonamides is 1. The highest BCUT2D eigenvalue weighted by Crippen LogP contribution is 2.11. The van der Waals surface area contributed by atoms with Crippen LogP contribution in [0.1, 0.15) is 17.5 Å². The molecule has 0 atom stereocenters. The van der Waals surface area contributed by atoms with Crippen molar-refractivity contribution in [2.24, 2.45) is 0 Å². The summed E-state index contributed by atoms with van der Waals surface area (Å²) in [5.41, 5.74) is 2.03. The first-order valence-corrected chi connectivity index (χ1v) is 9.24. The highest BCUT2D eigenvalue weighted by molar-refractivity contribution is 7.89.